The normalized spacial score (nSPS) is 13.2. The van der Waals surface area contributed by atoms with Gasteiger partial charge in [-0.15, -0.1) is 0 Å². The standard InChI is InChI=1S/C18H14Cl2N2O2/c19-15-8-6-13(7-9-15)16(17(20)22-11-10-21-12-22)24-18(23)14-4-2-1-3-5-14/h1-12,16-17H. The summed E-state index contributed by atoms with van der Waals surface area (Å²) in [6, 6.07) is 15.8. The topological polar surface area (TPSA) is 44.1 Å². The third kappa shape index (κ3) is 3.78. The second-order valence-electron chi connectivity index (χ2n) is 5.13. The number of aromatic nitrogens is 2. The monoisotopic (exact) mass is 360 g/mol. The largest absolute Gasteiger partial charge is 0.450 e. The van der Waals surface area contributed by atoms with Crippen LogP contribution in [0.2, 0.25) is 5.02 Å². The van der Waals surface area contributed by atoms with Crippen molar-refractivity contribution in [2.24, 2.45) is 0 Å². The van der Waals surface area contributed by atoms with Crippen LogP contribution in [-0.2, 0) is 4.74 Å². The van der Waals surface area contributed by atoms with Crippen LogP contribution in [0.4, 0.5) is 0 Å². The van der Waals surface area contributed by atoms with E-state index in [1.165, 1.54) is 0 Å². The minimum absolute atomic E-state index is 0.443. The fourth-order valence-electron chi connectivity index (χ4n) is 2.26. The molecule has 122 valence electrons. The molecule has 4 nitrogen and oxygen atoms in total. The van der Waals surface area contributed by atoms with E-state index in [0.29, 0.717) is 10.6 Å². The van der Waals surface area contributed by atoms with E-state index in [2.05, 4.69) is 4.98 Å². The number of nitrogens with zero attached hydrogens (tertiary/aromatic N) is 2. The molecule has 0 saturated heterocycles. The summed E-state index contributed by atoms with van der Waals surface area (Å²) < 4.78 is 7.37. The molecule has 0 aliphatic carbocycles. The molecule has 2 aromatic carbocycles. The Kier molecular flexibility index (Phi) is 5.18. The Morgan fingerprint density at radius 3 is 2.42 bits per heavy atom. The summed E-state index contributed by atoms with van der Waals surface area (Å²) >= 11 is 12.5. The van der Waals surface area contributed by atoms with E-state index >= 15 is 0 Å². The van der Waals surface area contributed by atoms with Gasteiger partial charge in [0, 0.05) is 17.4 Å². The second-order valence-corrected chi connectivity index (χ2v) is 6.01. The number of hydrogen-bond donors (Lipinski definition) is 0. The molecule has 6 heteroatoms. The van der Waals surface area contributed by atoms with Crippen molar-refractivity contribution < 1.29 is 9.53 Å². The minimum Gasteiger partial charge on any atom is -0.450 e. The number of esters is 1. The molecule has 0 saturated carbocycles. The maximum Gasteiger partial charge on any atom is 0.338 e. The van der Waals surface area contributed by atoms with Gasteiger partial charge in [-0.05, 0) is 29.8 Å². The second kappa shape index (κ2) is 7.51. The Morgan fingerprint density at radius 2 is 1.79 bits per heavy atom. The lowest BCUT2D eigenvalue weighted by molar-refractivity contribution is 0.0238. The van der Waals surface area contributed by atoms with Crippen LogP contribution in [0.15, 0.2) is 73.3 Å². The molecule has 0 amide bonds. The van der Waals surface area contributed by atoms with Gasteiger partial charge in [-0.2, -0.15) is 0 Å². The smallest absolute Gasteiger partial charge is 0.338 e. The van der Waals surface area contributed by atoms with E-state index in [1.807, 2.05) is 6.07 Å². The molecular formula is C18H14Cl2N2O2. The van der Waals surface area contributed by atoms with Gasteiger partial charge in [0.2, 0.25) is 0 Å². The van der Waals surface area contributed by atoms with Gasteiger partial charge in [0.15, 0.2) is 6.10 Å². The molecule has 3 aromatic rings. The van der Waals surface area contributed by atoms with Crippen LogP contribution in [0.1, 0.15) is 27.5 Å². The Morgan fingerprint density at radius 1 is 1.08 bits per heavy atom. The lowest BCUT2D eigenvalue weighted by atomic mass is 10.1. The molecule has 0 aliphatic rings. The first-order valence-corrected chi connectivity index (χ1v) is 8.09. The number of benzene rings is 2. The van der Waals surface area contributed by atoms with Crippen molar-refractivity contribution >= 4 is 29.2 Å². The molecule has 1 aromatic heterocycles. The Bertz CT molecular complexity index is 790. The molecule has 0 fully saturated rings. The maximum atomic E-state index is 12.4. The number of hydrogen-bond acceptors (Lipinski definition) is 3. The summed E-state index contributed by atoms with van der Waals surface area (Å²) in [6.45, 7) is 0. The lowest BCUT2D eigenvalue weighted by Crippen LogP contribution is -2.19. The van der Waals surface area contributed by atoms with Gasteiger partial charge in [0.05, 0.1) is 11.9 Å². The molecule has 1 heterocycles. The van der Waals surface area contributed by atoms with Crippen molar-refractivity contribution in [1.29, 1.82) is 0 Å². The predicted molar refractivity (Wildman–Crippen MR) is 93.2 cm³/mol. The van der Waals surface area contributed by atoms with Crippen LogP contribution >= 0.6 is 23.2 Å². The van der Waals surface area contributed by atoms with Crippen molar-refractivity contribution in [3.8, 4) is 0 Å². The van der Waals surface area contributed by atoms with Crippen LogP contribution in [0.3, 0.4) is 0 Å². The van der Waals surface area contributed by atoms with E-state index in [1.54, 1.807) is 71.8 Å². The first-order chi connectivity index (χ1) is 11.6. The molecule has 24 heavy (non-hydrogen) atoms. The highest BCUT2D eigenvalue weighted by molar-refractivity contribution is 6.30. The van der Waals surface area contributed by atoms with Crippen molar-refractivity contribution in [1.82, 2.24) is 9.55 Å². The first kappa shape index (κ1) is 16.6. The zero-order chi connectivity index (χ0) is 16.9. The first-order valence-electron chi connectivity index (χ1n) is 7.28. The van der Waals surface area contributed by atoms with Crippen molar-refractivity contribution in [3.05, 3.63) is 89.5 Å². The summed E-state index contributed by atoms with van der Waals surface area (Å²) in [5.74, 6) is -0.443. The van der Waals surface area contributed by atoms with Gasteiger partial charge in [0.1, 0.15) is 5.50 Å². The number of carbonyl (C=O) groups excluding carboxylic acids is 1. The molecule has 2 unspecified atom stereocenters. The van der Waals surface area contributed by atoms with Crippen LogP contribution in [-0.4, -0.2) is 15.5 Å². The van der Waals surface area contributed by atoms with Gasteiger partial charge >= 0.3 is 5.97 Å². The number of carbonyl (C=O) groups is 1. The Balaban J connectivity index is 1.90. The van der Waals surface area contributed by atoms with E-state index in [9.17, 15) is 4.79 Å². The highest BCUT2D eigenvalue weighted by atomic mass is 35.5. The Hall–Kier alpha value is -2.30. The predicted octanol–water partition coefficient (Wildman–Crippen LogP) is 4.87. The van der Waals surface area contributed by atoms with Crippen molar-refractivity contribution in [2.75, 3.05) is 0 Å². The zero-order valence-corrected chi connectivity index (χ0v) is 14.1. The molecule has 0 N–H and O–H groups in total. The molecule has 3 rings (SSSR count). The summed E-state index contributed by atoms with van der Waals surface area (Å²) in [4.78, 5) is 16.4. The maximum absolute atomic E-state index is 12.4. The van der Waals surface area contributed by atoms with E-state index in [-0.39, 0.29) is 0 Å². The van der Waals surface area contributed by atoms with Gasteiger partial charge in [-0.3, -0.25) is 0 Å². The van der Waals surface area contributed by atoms with Gasteiger partial charge in [-0.1, -0.05) is 53.5 Å². The fraction of sp³-hybridized carbons (Fsp3) is 0.111. The summed E-state index contributed by atoms with van der Waals surface area (Å²) in [5.41, 5.74) is 0.574. The quantitative estimate of drug-likeness (QED) is 0.481. The lowest BCUT2D eigenvalue weighted by Gasteiger charge is -2.24. The van der Waals surface area contributed by atoms with Crippen molar-refractivity contribution in [3.63, 3.8) is 0 Å². The molecule has 0 bridgehead atoms. The molecule has 0 spiro atoms. The van der Waals surface area contributed by atoms with Gasteiger partial charge < -0.3 is 9.30 Å². The third-order valence-corrected chi connectivity index (χ3v) is 4.21. The average molecular weight is 361 g/mol. The zero-order valence-electron chi connectivity index (χ0n) is 12.5. The fourth-order valence-corrected chi connectivity index (χ4v) is 2.70. The number of imidazole rings is 1. The van der Waals surface area contributed by atoms with Crippen LogP contribution in [0.25, 0.3) is 0 Å². The van der Waals surface area contributed by atoms with Crippen LogP contribution < -0.4 is 0 Å². The Labute approximate surface area is 149 Å². The third-order valence-electron chi connectivity index (χ3n) is 3.50. The highest BCUT2D eigenvalue weighted by Crippen LogP contribution is 2.34. The highest BCUT2D eigenvalue weighted by Gasteiger charge is 2.27. The van der Waals surface area contributed by atoms with E-state index in [4.69, 9.17) is 27.9 Å². The number of rotatable bonds is 5. The number of ether oxygens (including phenoxy) is 1. The summed E-state index contributed by atoms with van der Waals surface area (Å²) in [5, 5.41) is 0.598. The molecule has 0 aliphatic heterocycles. The van der Waals surface area contributed by atoms with Crippen LogP contribution in [0.5, 0.6) is 0 Å². The average Bonchev–Trinajstić information content (AvgIpc) is 3.15. The summed E-state index contributed by atoms with van der Waals surface area (Å²) in [6.07, 6.45) is 4.23. The van der Waals surface area contributed by atoms with E-state index in [0.717, 1.165) is 5.56 Å². The van der Waals surface area contributed by atoms with Crippen LogP contribution in [0, 0.1) is 0 Å². The van der Waals surface area contributed by atoms with Gasteiger partial charge in [0.25, 0.3) is 0 Å². The van der Waals surface area contributed by atoms with Gasteiger partial charge in [-0.25, -0.2) is 9.78 Å². The molecule has 0 radical (unpaired) electrons. The number of halogens is 2. The van der Waals surface area contributed by atoms with Crippen molar-refractivity contribution in [2.45, 2.75) is 11.6 Å². The SMILES string of the molecule is O=C(OC(c1ccc(Cl)cc1)C(Cl)n1ccnc1)c1ccccc1. The van der Waals surface area contributed by atoms with E-state index < -0.39 is 17.6 Å². The number of alkyl halides is 1. The molecule has 2 atom stereocenters. The molecular weight excluding hydrogens is 347 g/mol. The minimum atomic E-state index is -0.689. The summed E-state index contributed by atoms with van der Waals surface area (Å²) in [7, 11) is 0.